The van der Waals surface area contributed by atoms with Crippen LogP contribution in [0.25, 0.3) is 11.0 Å². The van der Waals surface area contributed by atoms with Crippen LogP contribution in [0.15, 0.2) is 59.7 Å². The van der Waals surface area contributed by atoms with E-state index in [9.17, 15) is 0 Å². The zero-order valence-corrected chi connectivity index (χ0v) is 12.6. The van der Waals surface area contributed by atoms with Crippen molar-refractivity contribution in [3.05, 3.63) is 66.0 Å². The Bertz CT molecular complexity index is 790. The molecule has 5 nitrogen and oxygen atoms in total. The molecule has 3 rings (SSSR count). The Balaban J connectivity index is 1.92. The van der Waals surface area contributed by atoms with Crippen LogP contribution < -0.4 is 11.2 Å². The van der Waals surface area contributed by atoms with Crippen molar-refractivity contribution in [2.75, 3.05) is 0 Å². The van der Waals surface area contributed by atoms with Gasteiger partial charge in [0.05, 0.1) is 23.2 Å². The monoisotopic (exact) mass is 309 g/mol. The van der Waals surface area contributed by atoms with E-state index in [1.165, 1.54) is 0 Å². The highest BCUT2D eigenvalue weighted by atomic mass is 32.1. The maximum absolute atomic E-state index is 5.46. The van der Waals surface area contributed by atoms with Crippen LogP contribution in [0.2, 0.25) is 0 Å². The first-order valence-corrected chi connectivity index (χ1v) is 7.24. The molecule has 110 valence electrons. The number of imidazole rings is 1. The third-order valence-corrected chi connectivity index (χ3v) is 3.27. The van der Waals surface area contributed by atoms with Crippen molar-refractivity contribution in [1.82, 2.24) is 15.4 Å². The van der Waals surface area contributed by atoms with Crippen molar-refractivity contribution in [3.8, 4) is 0 Å². The summed E-state index contributed by atoms with van der Waals surface area (Å²) in [5, 5.41) is 4.44. The van der Waals surface area contributed by atoms with Gasteiger partial charge in [-0.15, -0.1) is 0 Å². The topological polar surface area (TPSA) is 79.1 Å². The van der Waals surface area contributed by atoms with Gasteiger partial charge in [-0.05, 0) is 29.9 Å². The second kappa shape index (κ2) is 6.36. The van der Waals surface area contributed by atoms with Gasteiger partial charge in [-0.2, -0.15) is 5.10 Å². The van der Waals surface area contributed by atoms with Gasteiger partial charge in [-0.3, -0.25) is 5.43 Å². The maximum Gasteiger partial charge on any atom is 0.184 e. The van der Waals surface area contributed by atoms with Crippen LogP contribution in [-0.4, -0.2) is 20.8 Å². The summed E-state index contributed by atoms with van der Waals surface area (Å²) < 4.78 is 0. The zero-order valence-electron chi connectivity index (χ0n) is 11.8. The highest BCUT2D eigenvalue weighted by molar-refractivity contribution is 7.80. The first-order chi connectivity index (χ1) is 10.7. The van der Waals surface area contributed by atoms with Crippen LogP contribution in [0.3, 0.4) is 0 Å². The predicted octanol–water partition coefficient (Wildman–Crippen LogP) is 2.34. The molecule has 0 saturated carbocycles. The van der Waals surface area contributed by atoms with E-state index in [1.807, 2.05) is 54.6 Å². The SMILES string of the molecule is NC(=S)N/N=C(/Cc1nc2ccccc2[nH]1)c1ccccc1. The van der Waals surface area contributed by atoms with Crippen LogP contribution >= 0.6 is 12.2 Å². The van der Waals surface area contributed by atoms with Crippen LogP contribution in [0.5, 0.6) is 0 Å². The molecule has 0 aliphatic heterocycles. The van der Waals surface area contributed by atoms with Gasteiger partial charge in [0.25, 0.3) is 0 Å². The first-order valence-electron chi connectivity index (χ1n) is 6.83. The molecule has 22 heavy (non-hydrogen) atoms. The van der Waals surface area contributed by atoms with Gasteiger partial charge < -0.3 is 10.7 Å². The highest BCUT2D eigenvalue weighted by Gasteiger charge is 2.09. The number of thiocarbonyl (C=S) groups is 1. The number of nitrogens with zero attached hydrogens (tertiary/aromatic N) is 2. The number of benzene rings is 2. The molecule has 0 fully saturated rings. The Hall–Kier alpha value is -2.73. The van der Waals surface area contributed by atoms with Gasteiger partial charge in [-0.1, -0.05) is 42.5 Å². The van der Waals surface area contributed by atoms with Gasteiger partial charge in [0.15, 0.2) is 5.11 Å². The average molecular weight is 309 g/mol. The molecule has 1 heterocycles. The summed E-state index contributed by atoms with van der Waals surface area (Å²) in [6.07, 6.45) is 0.550. The minimum Gasteiger partial charge on any atom is -0.375 e. The van der Waals surface area contributed by atoms with E-state index < -0.39 is 0 Å². The number of hydrogen-bond acceptors (Lipinski definition) is 3. The Morgan fingerprint density at radius 2 is 1.86 bits per heavy atom. The van der Waals surface area contributed by atoms with Crippen molar-refractivity contribution in [1.29, 1.82) is 0 Å². The van der Waals surface area contributed by atoms with Gasteiger partial charge in [0.2, 0.25) is 0 Å². The number of H-pyrrole nitrogens is 1. The molecule has 1 aromatic heterocycles. The number of nitrogens with one attached hydrogen (secondary N) is 2. The standard InChI is InChI=1S/C16H15N5S/c17-16(22)21-20-14(11-6-2-1-3-7-11)10-15-18-12-8-4-5-9-13(12)19-15/h1-9H,10H2,(H,18,19)(H3,17,21,22)/b20-14-. The second-order valence-electron chi connectivity index (χ2n) is 4.78. The summed E-state index contributed by atoms with van der Waals surface area (Å²) >= 11 is 4.82. The Morgan fingerprint density at radius 3 is 2.59 bits per heavy atom. The molecule has 0 aliphatic carbocycles. The molecule has 0 atom stereocenters. The molecule has 0 amide bonds. The number of rotatable bonds is 4. The number of hydrazone groups is 1. The largest absolute Gasteiger partial charge is 0.375 e. The maximum atomic E-state index is 5.46. The summed E-state index contributed by atoms with van der Waals surface area (Å²) in [5.41, 5.74) is 11.9. The molecule has 6 heteroatoms. The van der Waals surface area contributed by atoms with E-state index in [4.69, 9.17) is 18.0 Å². The normalized spacial score (nSPS) is 11.5. The number of para-hydroxylation sites is 2. The van der Waals surface area contributed by atoms with Gasteiger partial charge >= 0.3 is 0 Å². The Labute approximate surface area is 133 Å². The van der Waals surface area contributed by atoms with Crippen molar-refractivity contribution < 1.29 is 0 Å². The molecule has 0 radical (unpaired) electrons. The molecule has 3 aromatic rings. The summed E-state index contributed by atoms with van der Waals surface area (Å²) in [6.45, 7) is 0. The van der Waals surface area contributed by atoms with Crippen molar-refractivity contribution in [2.45, 2.75) is 6.42 Å². The smallest absolute Gasteiger partial charge is 0.184 e. The zero-order chi connectivity index (χ0) is 15.4. The molecule has 0 bridgehead atoms. The predicted molar refractivity (Wildman–Crippen MR) is 92.7 cm³/mol. The fourth-order valence-corrected chi connectivity index (χ4v) is 2.25. The Kier molecular flexibility index (Phi) is 4.11. The molecule has 4 N–H and O–H groups in total. The third kappa shape index (κ3) is 3.29. The van der Waals surface area contributed by atoms with Crippen LogP contribution in [-0.2, 0) is 6.42 Å². The van der Waals surface area contributed by atoms with E-state index >= 15 is 0 Å². The molecule has 0 saturated heterocycles. The quantitative estimate of drug-likeness (QED) is 0.393. The van der Waals surface area contributed by atoms with Crippen LogP contribution in [0, 0.1) is 0 Å². The lowest BCUT2D eigenvalue weighted by Gasteiger charge is -2.06. The molecule has 2 aromatic carbocycles. The van der Waals surface area contributed by atoms with Crippen molar-refractivity contribution in [2.24, 2.45) is 10.8 Å². The number of nitrogens with two attached hydrogens (primary N) is 1. The van der Waals surface area contributed by atoms with Gasteiger partial charge in [-0.25, -0.2) is 4.98 Å². The lowest BCUT2D eigenvalue weighted by molar-refractivity contribution is 1.00. The minimum atomic E-state index is 0.137. The lowest BCUT2D eigenvalue weighted by Crippen LogP contribution is -2.26. The summed E-state index contributed by atoms with van der Waals surface area (Å²) in [7, 11) is 0. The van der Waals surface area contributed by atoms with Crippen LogP contribution in [0.4, 0.5) is 0 Å². The summed E-state index contributed by atoms with van der Waals surface area (Å²) in [4.78, 5) is 7.88. The van der Waals surface area contributed by atoms with Gasteiger partial charge in [0.1, 0.15) is 5.82 Å². The summed E-state index contributed by atoms with van der Waals surface area (Å²) in [6, 6.07) is 17.8. The van der Waals surface area contributed by atoms with E-state index in [0.717, 1.165) is 28.1 Å². The second-order valence-corrected chi connectivity index (χ2v) is 5.22. The van der Waals surface area contributed by atoms with E-state index in [1.54, 1.807) is 0 Å². The number of fused-ring (bicyclic) bond motifs is 1. The van der Waals surface area contributed by atoms with E-state index in [0.29, 0.717) is 6.42 Å². The number of aromatic amines is 1. The van der Waals surface area contributed by atoms with E-state index in [-0.39, 0.29) is 5.11 Å². The third-order valence-electron chi connectivity index (χ3n) is 3.18. The number of aromatic nitrogens is 2. The summed E-state index contributed by atoms with van der Waals surface area (Å²) in [5.74, 6) is 0.841. The fraction of sp³-hybridized carbons (Fsp3) is 0.0625. The minimum absolute atomic E-state index is 0.137. The lowest BCUT2D eigenvalue weighted by atomic mass is 10.1. The average Bonchev–Trinajstić information content (AvgIpc) is 2.94. The van der Waals surface area contributed by atoms with Crippen LogP contribution in [0.1, 0.15) is 11.4 Å². The molecule has 0 spiro atoms. The number of hydrogen-bond donors (Lipinski definition) is 3. The molecular formula is C16H15N5S. The van der Waals surface area contributed by atoms with Gasteiger partial charge in [0, 0.05) is 0 Å². The van der Waals surface area contributed by atoms with Crippen molar-refractivity contribution >= 4 is 34.1 Å². The Morgan fingerprint density at radius 1 is 1.14 bits per heavy atom. The highest BCUT2D eigenvalue weighted by Crippen LogP contribution is 2.12. The molecule has 0 unspecified atom stereocenters. The van der Waals surface area contributed by atoms with E-state index in [2.05, 4.69) is 20.5 Å². The fourth-order valence-electron chi connectivity index (χ4n) is 2.21. The van der Waals surface area contributed by atoms with Crippen molar-refractivity contribution in [3.63, 3.8) is 0 Å². The first kappa shape index (κ1) is 14.2. The molecular weight excluding hydrogens is 294 g/mol. The molecule has 0 aliphatic rings.